The summed E-state index contributed by atoms with van der Waals surface area (Å²) in [6.07, 6.45) is 11.4. The van der Waals surface area contributed by atoms with E-state index < -0.39 is 0 Å². The lowest BCUT2D eigenvalue weighted by Gasteiger charge is -2.21. The molecule has 0 spiro atoms. The molecule has 1 aromatic rings. The van der Waals surface area contributed by atoms with Gasteiger partial charge >= 0.3 is 5.97 Å². The van der Waals surface area contributed by atoms with E-state index in [4.69, 9.17) is 18.9 Å². The maximum atomic E-state index is 12.3. The van der Waals surface area contributed by atoms with Crippen LogP contribution in [-0.2, 0) is 9.53 Å². The fourth-order valence-corrected chi connectivity index (χ4v) is 3.25. The first-order chi connectivity index (χ1) is 14.2. The second kappa shape index (κ2) is 13.1. The number of esters is 1. The summed E-state index contributed by atoms with van der Waals surface area (Å²) in [5.41, 5.74) is 0.763. The van der Waals surface area contributed by atoms with Crippen LogP contribution in [0, 0.1) is 0 Å². The van der Waals surface area contributed by atoms with Crippen LogP contribution >= 0.6 is 0 Å². The Morgan fingerprint density at radius 1 is 0.931 bits per heavy atom. The first-order valence-electron chi connectivity index (χ1n) is 11.1. The van der Waals surface area contributed by atoms with Crippen molar-refractivity contribution >= 4 is 12.0 Å². The SMILES string of the molecule is CCCOc1cc(C=CC(=O)OC2CCCCC2)c(OCCC)c(OCCC)c1. The van der Waals surface area contributed by atoms with E-state index in [0.29, 0.717) is 37.1 Å². The fourth-order valence-electron chi connectivity index (χ4n) is 3.25. The fraction of sp³-hybridized carbons (Fsp3) is 0.625. The van der Waals surface area contributed by atoms with Gasteiger partial charge < -0.3 is 18.9 Å². The molecule has 162 valence electrons. The van der Waals surface area contributed by atoms with Crippen LogP contribution < -0.4 is 14.2 Å². The Balaban J connectivity index is 2.22. The molecule has 0 heterocycles. The maximum Gasteiger partial charge on any atom is 0.331 e. The summed E-state index contributed by atoms with van der Waals surface area (Å²) in [5, 5.41) is 0. The molecule has 1 aromatic carbocycles. The molecule has 0 radical (unpaired) electrons. The minimum Gasteiger partial charge on any atom is -0.493 e. The lowest BCUT2D eigenvalue weighted by atomic mass is 9.98. The van der Waals surface area contributed by atoms with Gasteiger partial charge in [-0.25, -0.2) is 4.79 Å². The molecule has 5 nitrogen and oxygen atoms in total. The molecular formula is C24H36O5. The maximum absolute atomic E-state index is 12.3. The standard InChI is InChI=1S/C24H36O5/c1-4-14-26-21-17-19(12-13-23(25)29-20-10-8-7-9-11-20)24(28-16-6-3)22(18-21)27-15-5-2/h12-13,17-18,20H,4-11,14-16H2,1-3H3. The van der Waals surface area contributed by atoms with Gasteiger partial charge in [-0.05, 0) is 57.1 Å². The first kappa shape index (κ1) is 23.1. The molecule has 0 amide bonds. The molecule has 0 atom stereocenters. The molecule has 0 N–H and O–H groups in total. The number of carbonyl (C=O) groups excluding carboxylic acids is 1. The van der Waals surface area contributed by atoms with Crippen molar-refractivity contribution in [1.82, 2.24) is 0 Å². The van der Waals surface area contributed by atoms with Crippen LogP contribution in [0.3, 0.4) is 0 Å². The predicted molar refractivity (Wildman–Crippen MR) is 116 cm³/mol. The Morgan fingerprint density at radius 3 is 2.28 bits per heavy atom. The quantitative estimate of drug-likeness (QED) is 0.319. The highest BCUT2D eigenvalue weighted by Crippen LogP contribution is 2.37. The number of carbonyl (C=O) groups is 1. The van der Waals surface area contributed by atoms with E-state index in [9.17, 15) is 4.79 Å². The molecule has 1 aliphatic rings. The van der Waals surface area contributed by atoms with E-state index in [-0.39, 0.29) is 12.1 Å². The Hall–Kier alpha value is -2.17. The predicted octanol–water partition coefficient (Wildman–Crippen LogP) is 5.94. The zero-order chi connectivity index (χ0) is 20.9. The minimum absolute atomic E-state index is 0.0411. The van der Waals surface area contributed by atoms with Crippen molar-refractivity contribution in [3.05, 3.63) is 23.8 Å². The third-order valence-corrected chi connectivity index (χ3v) is 4.68. The number of rotatable bonds is 12. The van der Waals surface area contributed by atoms with Crippen molar-refractivity contribution < 1.29 is 23.7 Å². The van der Waals surface area contributed by atoms with Crippen molar-refractivity contribution in [1.29, 1.82) is 0 Å². The van der Waals surface area contributed by atoms with Crippen molar-refractivity contribution in [2.24, 2.45) is 0 Å². The topological polar surface area (TPSA) is 54.0 Å². The minimum atomic E-state index is -0.311. The monoisotopic (exact) mass is 404 g/mol. The van der Waals surface area contributed by atoms with Gasteiger partial charge in [-0.3, -0.25) is 0 Å². The van der Waals surface area contributed by atoms with Gasteiger partial charge in [-0.15, -0.1) is 0 Å². The van der Waals surface area contributed by atoms with Crippen LogP contribution in [0.25, 0.3) is 6.08 Å². The van der Waals surface area contributed by atoms with E-state index >= 15 is 0 Å². The van der Waals surface area contributed by atoms with Gasteiger partial charge in [0.05, 0.1) is 19.8 Å². The Labute approximate surface area is 175 Å². The number of hydrogen-bond donors (Lipinski definition) is 0. The van der Waals surface area contributed by atoms with E-state index in [0.717, 1.165) is 50.5 Å². The van der Waals surface area contributed by atoms with Crippen molar-refractivity contribution in [3.8, 4) is 17.2 Å². The Bertz CT molecular complexity index is 647. The molecule has 1 aliphatic carbocycles. The van der Waals surface area contributed by atoms with Gasteiger partial charge in [0.1, 0.15) is 11.9 Å². The third kappa shape index (κ3) is 8.00. The van der Waals surface area contributed by atoms with Crippen LogP contribution in [-0.4, -0.2) is 31.9 Å². The van der Waals surface area contributed by atoms with Gasteiger partial charge in [0.25, 0.3) is 0 Å². The zero-order valence-electron chi connectivity index (χ0n) is 18.2. The second-order valence-electron chi connectivity index (χ2n) is 7.42. The summed E-state index contributed by atoms with van der Waals surface area (Å²) in [7, 11) is 0. The van der Waals surface area contributed by atoms with Gasteiger partial charge in [0, 0.05) is 17.7 Å². The van der Waals surface area contributed by atoms with Crippen molar-refractivity contribution in [3.63, 3.8) is 0 Å². The van der Waals surface area contributed by atoms with E-state index in [1.807, 2.05) is 12.1 Å². The summed E-state index contributed by atoms with van der Waals surface area (Å²) in [4.78, 5) is 12.3. The normalized spacial score (nSPS) is 14.7. The summed E-state index contributed by atoms with van der Waals surface area (Å²) < 4.78 is 23.3. The molecular weight excluding hydrogens is 368 g/mol. The van der Waals surface area contributed by atoms with Crippen LogP contribution in [0.2, 0.25) is 0 Å². The molecule has 5 heteroatoms. The second-order valence-corrected chi connectivity index (χ2v) is 7.42. The molecule has 2 rings (SSSR count). The summed E-state index contributed by atoms with van der Waals surface area (Å²) in [5.74, 6) is 1.69. The average Bonchev–Trinajstić information content (AvgIpc) is 2.74. The summed E-state index contributed by atoms with van der Waals surface area (Å²) >= 11 is 0. The first-order valence-corrected chi connectivity index (χ1v) is 11.1. The highest BCUT2D eigenvalue weighted by Gasteiger charge is 2.17. The van der Waals surface area contributed by atoms with Gasteiger partial charge in [-0.2, -0.15) is 0 Å². The van der Waals surface area contributed by atoms with Gasteiger partial charge in [-0.1, -0.05) is 27.2 Å². The highest BCUT2D eigenvalue weighted by molar-refractivity contribution is 5.88. The lowest BCUT2D eigenvalue weighted by Crippen LogP contribution is -2.19. The molecule has 29 heavy (non-hydrogen) atoms. The highest BCUT2D eigenvalue weighted by atomic mass is 16.5. The number of ether oxygens (including phenoxy) is 4. The largest absolute Gasteiger partial charge is 0.493 e. The number of hydrogen-bond acceptors (Lipinski definition) is 5. The van der Waals surface area contributed by atoms with Crippen LogP contribution in [0.15, 0.2) is 18.2 Å². The molecule has 0 saturated heterocycles. The van der Waals surface area contributed by atoms with Crippen LogP contribution in [0.4, 0.5) is 0 Å². The van der Waals surface area contributed by atoms with Crippen molar-refractivity contribution in [2.45, 2.75) is 78.2 Å². The van der Waals surface area contributed by atoms with E-state index in [2.05, 4.69) is 20.8 Å². The van der Waals surface area contributed by atoms with Crippen molar-refractivity contribution in [2.75, 3.05) is 19.8 Å². The molecule has 1 fully saturated rings. The smallest absolute Gasteiger partial charge is 0.331 e. The van der Waals surface area contributed by atoms with Gasteiger partial charge in [0.15, 0.2) is 11.5 Å². The molecule has 0 bridgehead atoms. The van der Waals surface area contributed by atoms with Crippen LogP contribution in [0.1, 0.15) is 77.7 Å². The average molecular weight is 405 g/mol. The molecule has 0 unspecified atom stereocenters. The number of benzene rings is 1. The Morgan fingerprint density at radius 2 is 1.59 bits per heavy atom. The molecule has 1 saturated carbocycles. The lowest BCUT2D eigenvalue weighted by molar-refractivity contribution is -0.144. The Kier molecular flexibility index (Phi) is 10.5. The third-order valence-electron chi connectivity index (χ3n) is 4.68. The van der Waals surface area contributed by atoms with Crippen LogP contribution in [0.5, 0.6) is 17.2 Å². The zero-order valence-corrected chi connectivity index (χ0v) is 18.2. The summed E-state index contributed by atoms with van der Waals surface area (Å²) in [6.45, 7) is 7.97. The van der Waals surface area contributed by atoms with E-state index in [1.54, 1.807) is 6.08 Å². The summed E-state index contributed by atoms with van der Waals surface area (Å²) in [6, 6.07) is 3.76. The molecule has 0 aliphatic heterocycles. The van der Waals surface area contributed by atoms with E-state index in [1.165, 1.54) is 12.5 Å². The van der Waals surface area contributed by atoms with Gasteiger partial charge in [0.2, 0.25) is 0 Å². The molecule has 0 aromatic heterocycles.